The highest BCUT2D eigenvalue weighted by Gasteiger charge is 2.15. The molecule has 0 aromatic heterocycles. The standard InChI is InChI=1S/C29H30BrClN4O6/c1-4-5-12-40-22-10-8-20(9-11-22)34-28(37)29(38)35-32-16-19-13-23(30)27(25(14-19)39-3)41-17-26(36)33-21-7-6-18(2)24(31)15-21/h6-11,13-16H,4-5,12,17H2,1-3H3,(H,33,36)(H,34,37)(H,35,38)/b32-16-. The molecule has 0 saturated carbocycles. The van der Waals surface area contributed by atoms with E-state index in [9.17, 15) is 14.4 Å². The molecule has 10 nitrogen and oxygen atoms in total. The van der Waals surface area contributed by atoms with Crippen molar-refractivity contribution in [2.24, 2.45) is 5.10 Å². The van der Waals surface area contributed by atoms with Crippen LogP contribution in [0.5, 0.6) is 17.2 Å². The number of aryl methyl sites for hydroxylation is 1. The second kappa shape index (κ2) is 15.6. The van der Waals surface area contributed by atoms with Gasteiger partial charge in [-0.25, -0.2) is 5.43 Å². The number of carbonyl (C=O) groups excluding carboxylic acids is 3. The van der Waals surface area contributed by atoms with Crippen molar-refractivity contribution in [3.63, 3.8) is 0 Å². The summed E-state index contributed by atoms with van der Waals surface area (Å²) in [5, 5.41) is 9.60. The molecule has 3 aromatic rings. The highest BCUT2D eigenvalue weighted by Crippen LogP contribution is 2.36. The summed E-state index contributed by atoms with van der Waals surface area (Å²) in [5.41, 5.74) is 4.60. The maximum absolute atomic E-state index is 12.4. The first-order chi connectivity index (χ1) is 19.7. The van der Waals surface area contributed by atoms with Gasteiger partial charge in [0.05, 0.1) is 24.4 Å². The Morgan fingerprint density at radius 2 is 1.71 bits per heavy atom. The van der Waals surface area contributed by atoms with Gasteiger partial charge in [0.1, 0.15) is 5.75 Å². The van der Waals surface area contributed by atoms with Crippen LogP contribution in [0, 0.1) is 6.92 Å². The molecule has 0 aliphatic rings. The molecule has 0 aliphatic carbocycles. The first kappa shape index (κ1) is 31.4. The van der Waals surface area contributed by atoms with Crippen molar-refractivity contribution in [3.05, 3.63) is 75.2 Å². The van der Waals surface area contributed by atoms with E-state index in [0.29, 0.717) is 50.3 Å². The lowest BCUT2D eigenvalue weighted by molar-refractivity contribution is -0.136. The molecule has 41 heavy (non-hydrogen) atoms. The minimum absolute atomic E-state index is 0.284. The predicted octanol–water partition coefficient (Wildman–Crippen LogP) is 5.70. The predicted molar refractivity (Wildman–Crippen MR) is 162 cm³/mol. The minimum atomic E-state index is -0.948. The largest absolute Gasteiger partial charge is 0.494 e. The molecule has 0 atom stereocenters. The molecule has 0 heterocycles. The van der Waals surface area contributed by atoms with Gasteiger partial charge in [0.15, 0.2) is 18.1 Å². The molecule has 0 saturated heterocycles. The van der Waals surface area contributed by atoms with Crippen LogP contribution in [-0.2, 0) is 14.4 Å². The second-order valence-corrected chi connectivity index (χ2v) is 9.98. The summed E-state index contributed by atoms with van der Waals surface area (Å²) in [7, 11) is 1.44. The van der Waals surface area contributed by atoms with Gasteiger partial charge in [0.2, 0.25) is 0 Å². The van der Waals surface area contributed by atoms with E-state index in [1.54, 1.807) is 54.6 Å². The molecule has 0 fully saturated rings. The number of hydrogen-bond donors (Lipinski definition) is 3. The minimum Gasteiger partial charge on any atom is -0.494 e. The van der Waals surface area contributed by atoms with Gasteiger partial charge in [-0.3, -0.25) is 14.4 Å². The third-order valence-electron chi connectivity index (χ3n) is 5.52. The van der Waals surface area contributed by atoms with Crippen molar-refractivity contribution in [1.29, 1.82) is 0 Å². The lowest BCUT2D eigenvalue weighted by atomic mass is 10.2. The zero-order chi connectivity index (χ0) is 29.8. The van der Waals surface area contributed by atoms with Crippen LogP contribution in [0.15, 0.2) is 64.2 Å². The number of rotatable bonds is 12. The number of amides is 3. The number of benzene rings is 3. The molecule has 0 radical (unpaired) electrons. The SMILES string of the molecule is CCCCOc1ccc(NC(=O)C(=O)N/N=C\c2cc(Br)c(OCC(=O)Nc3ccc(C)c(Cl)c3)c(OC)c2)cc1. The van der Waals surface area contributed by atoms with Gasteiger partial charge in [-0.2, -0.15) is 5.10 Å². The summed E-state index contributed by atoms with van der Waals surface area (Å²) < 4.78 is 17.1. The number of anilines is 2. The average Bonchev–Trinajstić information content (AvgIpc) is 2.95. The lowest BCUT2D eigenvalue weighted by Crippen LogP contribution is -2.32. The Hall–Kier alpha value is -4.09. The van der Waals surface area contributed by atoms with Crippen LogP contribution in [0.3, 0.4) is 0 Å². The Balaban J connectivity index is 1.53. The summed E-state index contributed by atoms with van der Waals surface area (Å²) >= 11 is 9.51. The normalized spacial score (nSPS) is 10.7. The number of nitrogens with zero attached hydrogens (tertiary/aromatic N) is 1. The van der Waals surface area contributed by atoms with E-state index in [1.165, 1.54) is 13.3 Å². The first-order valence-electron chi connectivity index (χ1n) is 12.6. The molecule has 0 spiro atoms. The quantitative estimate of drug-likeness (QED) is 0.100. The molecular weight excluding hydrogens is 616 g/mol. The summed E-state index contributed by atoms with van der Waals surface area (Å²) in [6.45, 7) is 4.27. The van der Waals surface area contributed by atoms with Gasteiger partial charge in [0, 0.05) is 16.4 Å². The average molecular weight is 646 g/mol. The molecule has 3 amide bonds. The van der Waals surface area contributed by atoms with E-state index in [4.69, 9.17) is 25.8 Å². The molecule has 0 unspecified atom stereocenters. The summed E-state index contributed by atoms with van der Waals surface area (Å²) in [6, 6.07) is 15.2. The Labute approximate surface area is 251 Å². The molecule has 3 rings (SSSR count). The van der Waals surface area contributed by atoms with Crippen LogP contribution in [0.2, 0.25) is 5.02 Å². The highest BCUT2D eigenvalue weighted by atomic mass is 79.9. The first-order valence-corrected chi connectivity index (χ1v) is 13.8. The van der Waals surface area contributed by atoms with Gasteiger partial charge in [-0.15, -0.1) is 0 Å². The van der Waals surface area contributed by atoms with E-state index >= 15 is 0 Å². The van der Waals surface area contributed by atoms with Crippen molar-refractivity contribution >= 4 is 62.8 Å². The third kappa shape index (κ3) is 9.80. The van der Waals surface area contributed by atoms with E-state index in [2.05, 4.69) is 44.0 Å². The summed E-state index contributed by atoms with van der Waals surface area (Å²) in [5.74, 6) is -0.918. The van der Waals surface area contributed by atoms with Gasteiger partial charge < -0.3 is 24.8 Å². The van der Waals surface area contributed by atoms with Gasteiger partial charge in [-0.1, -0.05) is 31.0 Å². The van der Waals surface area contributed by atoms with Crippen LogP contribution in [0.1, 0.15) is 30.9 Å². The Kier molecular flexibility index (Phi) is 12.0. The Morgan fingerprint density at radius 1 is 0.976 bits per heavy atom. The Bertz CT molecular complexity index is 1420. The number of hydrazone groups is 1. The smallest absolute Gasteiger partial charge is 0.329 e. The van der Waals surface area contributed by atoms with Crippen LogP contribution in [0.4, 0.5) is 11.4 Å². The monoisotopic (exact) mass is 644 g/mol. The number of halogens is 2. The summed E-state index contributed by atoms with van der Waals surface area (Å²) in [6.07, 6.45) is 3.31. The maximum Gasteiger partial charge on any atom is 0.329 e. The second-order valence-electron chi connectivity index (χ2n) is 8.71. The fourth-order valence-corrected chi connectivity index (χ4v) is 4.09. The number of hydrogen-bond acceptors (Lipinski definition) is 7. The van der Waals surface area contributed by atoms with Gasteiger partial charge in [0.25, 0.3) is 5.91 Å². The van der Waals surface area contributed by atoms with Crippen LogP contribution in [-0.4, -0.2) is 44.3 Å². The fourth-order valence-electron chi connectivity index (χ4n) is 3.33. The van der Waals surface area contributed by atoms with E-state index in [1.807, 2.05) is 6.92 Å². The molecule has 216 valence electrons. The van der Waals surface area contributed by atoms with Crippen LogP contribution in [0.25, 0.3) is 0 Å². The van der Waals surface area contributed by atoms with E-state index in [-0.39, 0.29) is 12.5 Å². The third-order valence-corrected chi connectivity index (χ3v) is 6.52. The number of nitrogens with one attached hydrogen (secondary N) is 3. The van der Waals surface area contributed by atoms with E-state index in [0.717, 1.165) is 18.4 Å². The molecule has 3 N–H and O–H groups in total. The van der Waals surface area contributed by atoms with Gasteiger partial charge in [-0.05, 0) is 88.9 Å². The zero-order valence-electron chi connectivity index (χ0n) is 22.8. The van der Waals surface area contributed by atoms with Gasteiger partial charge >= 0.3 is 11.8 Å². The zero-order valence-corrected chi connectivity index (χ0v) is 25.1. The molecular formula is C29H30BrClN4O6. The molecule has 12 heteroatoms. The number of carbonyl (C=O) groups is 3. The molecule has 0 bridgehead atoms. The number of methoxy groups -OCH3 is 1. The van der Waals surface area contributed by atoms with Crippen molar-refractivity contribution in [2.45, 2.75) is 26.7 Å². The maximum atomic E-state index is 12.4. The molecule has 0 aliphatic heterocycles. The van der Waals surface area contributed by atoms with Crippen molar-refractivity contribution < 1.29 is 28.6 Å². The van der Waals surface area contributed by atoms with E-state index < -0.39 is 11.8 Å². The topological polar surface area (TPSA) is 127 Å². The van der Waals surface area contributed by atoms with Crippen LogP contribution >= 0.6 is 27.5 Å². The molecule has 3 aromatic carbocycles. The number of unbranched alkanes of at least 4 members (excludes halogenated alkanes) is 1. The fraction of sp³-hybridized carbons (Fsp3) is 0.241. The van der Waals surface area contributed by atoms with Crippen molar-refractivity contribution in [3.8, 4) is 17.2 Å². The van der Waals surface area contributed by atoms with Crippen molar-refractivity contribution in [2.75, 3.05) is 31.0 Å². The Morgan fingerprint density at radius 3 is 2.39 bits per heavy atom. The van der Waals surface area contributed by atoms with Crippen LogP contribution < -0.4 is 30.3 Å². The van der Waals surface area contributed by atoms with Crippen molar-refractivity contribution in [1.82, 2.24) is 5.43 Å². The highest BCUT2D eigenvalue weighted by molar-refractivity contribution is 9.10. The lowest BCUT2D eigenvalue weighted by Gasteiger charge is -2.13. The number of ether oxygens (including phenoxy) is 3. The summed E-state index contributed by atoms with van der Waals surface area (Å²) in [4.78, 5) is 36.8.